The Bertz CT molecular complexity index is 265. The van der Waals surface area contributed by atoms with E-state index in [-0.39, 0.29) is 11.5 Å². The van der Waals surface area contributed by atoms with E-state index in [0.717, 1.165) is 31.8 Å². The number of nitrogens with zero attached hydrogens (tertiary/aromatic N) is 2. The van der Waals surface area contributed by atoms with E-state index in [1.165, 1.54) is 0 Å². The van der Waals surface area contributed by atoms with E-state index < -0.39 is 0 Å². The number of rotatable bonds is 2. The predicted octanol–water partition coefficient (Wildman–Crippen LogP) is 3.53. The lowest BCUT2D eigenvalue weighted by molar-refractivity contribution is -0.00364. The molecule has 0 N–H and O–H groups in total. The molecule has 0 saturated carbocycles. The average molecular weight is 238 g/mol. The van der Waals surface area contributed by atoms with Gasteiger partial charge in [0.15, 0.2) is 5.88 Å². The molecule has 3 heteroatoms. The molecule has 0 unspecified atom stereocenters. The number of nitriles is 1. The van der Waals surface area contributed by atoms with Crippen molar-refractivity contribution in [1.29, 1.82) is 5.26 Å². The third kappa shape index (κ3) is 6.21. The van der Waals surface area contributed by atoms with Gasteiger partial charge in [-0.1, -0.05) is 13.8 Å². The van der Waals surface area contributed by atoms with E-state index in [2.05, 4.69) is 17.5 Å². The lowest BCUT2D eigenvalue weighted by Gasteiger charge is -2.35. The average Bonchev–Trinajstić information content (AvgIpc) is 2.29. The highest BCUT2D eigenvalue weighted by atomic mass is 16.5. The van der Waals surface area contributed by atoms with Crippen LogP contribution in [-0.4, -0.2) is 23.6 Å². The van der Waals surface area contributed by atoms with Gasteiger partial charge in [0, 0.05) is 19.0 Å². The second kappa shape index (κ2) is 7.21. The zero-order valence-electron chi connectivity index (χ0n) is 11.9. The Hall–Kier alpha value is -1.17. The molecule has 1 aliphatic heterocycles. The molecule has 0 aliphatic carbocycles. The molecule has 0 aromatic rings. The van der Waals surface area contributed by atoms with Gasteiger partial charge in [-0.25, -0.2) is 0 Å². The summed E-state index contributed by atoms with van der Waals surface area (Å²) < 4.78 is 5.69. The van der Waals surface area contributed by atoms with E-state index in [4.69, 9.17) is 10.00 Å². The fourth-order valence-corrected chi connectivity index (χ4v) is 1.68. The predicted molar refractivity (Wildman–Crippen MR) is 71.2 cm³/mol. The van der Waals surface area contributed by atoms with Crippen molar-refractivity contribution in [3.05, 3.63) is 12.5 Å². The van der Waals surface area contributed by atoms with Crippen LogP contribution < -0.4 is 0 Å². The number of piperidine rings is 1. The zero-order chi connectivity index (χ0) is 13.5. The molecule has 1 aliphatic rings. The molecule has 0 amide bonds. The number of hydrogen-bond donors (Lipinski definition) is 0. The number of likely N-dealkylation sites (tertiary alicyclic amines) is 1. The summed E-state index contributed by atoms with van der Waals surface area (Å²) in [6.07, 6.45) is 1.84. The summed E-state index contributed by atoms with van der Waals surface area (Å²) in [6.45, 7) is 15.7. The van der Waals surface area contributed by atoms with Crippen LogP contribution in [-0.2, 0) is 4.74 Å². The first-order valence-electron chi connectivity index (χ1n) is 6.45. The Kier molecular flexibility index (Phi) is 6.72. The lowest BCUT2D eigenvalue weighted by Crippen LogP contribution is -2.35. The first-order chi connectivity index (χ1) is 7.92. The highest BCUT2D eigenvalue weighted by molar-refractivity contribution is 4.94. The van der Waals surface area contributed by atoms with Crippen molar-refractivity contribution in [2.24, 2.45) is 5.92 Å². The number of ether oxygens (including phenoxy) is 1. The van der Waals surface area contributed by atoms with Gasteiger partial charge in [-0.05, 0) is 40.2 Å². The fraction of sp³-hybridized carbons (Fsp3) is 0.786. The standard InChI is InChI=1S/C12H20N2O.C2H6/c1-10(15-12(2,3)4)14-7-5-11(9-13)6-8-14;1-2/h11H,1,5-8H2,2-4H3;1-2H3. The van der Waals surface area contributed by atoms with Crippen molar-refractivity contribution in [1.82, 2.24) is 4.90 Å². The maximum Gasteiger partial charge on any atom is 0.182 e. The topological polar surface area (TPSA) is 36.3 Å². The van der Waals surface area contributed by atoms with Crippen LogP contribution in [0.2, 0.25) is 0 Å². The summed E-state index contributed by atoms with van der Waals surface area (Å²) in [5, 5.41) is 8.78. The van der Waals surface area contributed by atoms with Crippen LogP contribution >= 0.6 is 0 Å². The van der Waals surface area contributed by atoms with Crippen LogP contribution in [0.15, 0.2) is 12.5 Å². The molecule has 1 heterocycles. The van der Waals surface area contributed by atoms with Gasteiger partial charge < -0.3 is 9.64 Å². The van der Waals surface area contributed by atoms with E-state index in [1.807, 2.05) is 34.6 Å². The van der Waals surface area contributed by atoms with Crippen LogP contribution in [0.25, 0.3) is 0 Å². The van der Waals surface area contributed by atoms with Gasteiger partial charge in [-0.2, -0.15) is 5.26 Å². The Labute approximate surface area is 106 Å². The summed E-state index contributed by atoms with van der Waals surface area (Å²) in [5.41, 5.74) is -0.191. The van der Waals surface area contributed by atoms with Crippen molar-refractivity contribution < 1.29 is 4.74 Å². The highest BCUT2D eigenvalue weighted by Gasteiger charge is 2.22. The molecular weight excluding hydrogens is 212 g/mol. The third-order valence-corrected chi connectivity index (χ3v) is 2.45. The fourth-order valence-electron chi connectivity index (χ4n) is 1.68. The second-order valence-corrected chi connectivity index (χ2v) is 5.00. The molecule has 0 radical (unpaired) electrons. The van der Waals surface area contributed by atoms with Crippen molar-refractivity contribution in [2.75, 3.05) is 13.1 Å². The monoisotopic (exact) mass is 238 g/mol. The summed E-state index contributed by atoms with van der Waals surface area (Å²) in [4.78, 5) is 2.12. The third-order valence-electron chi connectivity index (χ3n) is 2.45. The van der Waals surface area contributed by atoms with E-state index in [0.29, 0.717) is 0 Å². The molecule has 0 aromatic heterocycles. The lowest BCUT2D eigenvalue weighted by atomic mass is 9.99. The van der Waals surface area contributed by atoms with Gasteiger partial charge in [-0.3, -0.25) is 0 Å². The van der Waals surface area contributed by atoms with Crippen LogP contribution in [0.5, 0.6) is 0 Å². The Balaban J connectivity index is 0.00000121. The molecule has 0 aromatic carbocycles. The van der Waals surface area contributed by atoms with Gasteiger partial charge in [0.25, 0.3) is 0 Å². The van der Waals surface area contributed by atoms with E-state index in [1.54, 1.807) is 0 Å². The van der Waals surface area contributed by atoms with Crippen molar-refractivity contribution >= 4 is 0 Å². The normalized spacial score (nSPS) is 16.6. The van der Waals surface area contributed by atoms with Gasteiger partial charge in [0.2, 0.25) is 0 Å². The van der Waals surface area contributed by atoms with Gasteiger partial charge >= 0.3 is 0 Å². The van der Waals surface area contributed by atoms with Gasteiger partial charge in [-0.15, -0.1) is 0 Å². The molecule has 0 spiro atoms. The van der Waals surface area contributed by atoms with Crippen LogP contribution in [0.4, 0.5) is 0 Å². The molecule has 0 atom stereocenters. The van der Waals surface area contributed by atoms with Crippen molar-refractivity contribution in [2.45, 2.75) is 53.1 Å². The minimum Gasteiger partial charge on any atom is -0.474 e. The van der Waals surface area contributed by atoms with Crippen molar-refractivity contribution in [3.8, 4) is 6.07 Å². The Morgan fingerprint density at radius 3 is 2.12 bits per heavy atom. The Morgan fingerprint density at radius 2 is 1.76 bits per heavy atom. The van der Waals surface area contributed by atoms with E-state index in [9.17, 15) is 0 Å². The highest BCUT2D eigenvalue weighted by Crippen LogP contribution is 2.22. The Morgan fingerprint density at radius 1 is 1.29 bits per heavy atom. The molecule has 1 fully saturated rings. The van der Waals surface area contributed by atoms with E-state index >= 15 is 0 Å². The minimum atomic E-state index is -0.191. The minimum absolute atomic E-state index is 0.191. The molecule has 17 heavy (non-hydrogen) atoms. The summed E-state index contributed by atoms with van der Waals surface area (Å²) in [5.74, 6) is 0.947. The number of hydrogen-bond acceptors (Lipinski definition) is 3. The SMILES string of the molecule is C=C(OC(C)(C)C)N1CCC(C#N)CC1.CC. The van der Waals surface area contributed by atoms with Crippen LogP contribution in [0.3, 0.4) is 0 Å². The smallest absolute Gasteiger partial charge is 0.182 e. The quantitative estimate of drug-likeness (QED) is 0.690. The molecule has 1 rings (SSSR count). The second-order valence-electron chi connectivity index (χ2n) is 5.00. The first-order valence-corrected chi connectivity index (χ1v) is 6.45. The van der Waals surface area contributed by atoms with Gasteiger partial charge in [0.1, 0.15) is 5.60 Å². The molecule has 1 saturated heterocycles. The molecule has 98 valence electrons. The van der Waals surface area contributed by atoms with Crippen LogP contribution in [0.1, 0.15) is 47.5 Å². The van der Waals surface area contributed by atoms with Gasteiger partial charge in [0.05, 0.1) is 6.07 Å². The summed E-state index contributed by atoms with van der Waals surface area (Å²) in [6, 6.07) is 2.31. The molecule has 0 bridgehead atoms. The van der Waals surface area contributed by atoms with Crippen molar-refractivity contribution in [3.63, 3.8) is 0 Å². The summed E-state index contributed by atoms with van der Waals surface area (Å²) >= 11 is 0. The maximum absolute atomic E-state index is 8.78. The largest absolute Gasteiger partial charge is 0.474 e. The molecule has 3 nitrogen and oxygen atoms in total. The first kappa shape index (κ1) is 15.8. The molecular formula is C14H26N2O. The zero-order valence-corrected chi connectivity index (χ0v) is 11.9. The summed E-state index contributed by atoms with van der Waals surface area (Å²) in [7, 11) is 0. The van der Waals surface area contributed by atoms with Crippen LogP contribution in [0, 0.1) is 17.2 Å². The maximum atomic E-state index is 8.78.